The third-order valence-electron chi connectivity index (χ3n) is 3.09. The lowest BCUT2D eigenvalue weighted by Gasteiger charge is -2.08. The summed E-state index contributed by atoms with van der Waals surface area (Å²) in [5.41, 5.74) is -3.00. The van der Waals surface area contributed by atoms with Gasteiger partial charge >= 0.3 is 17.3 Å². The van der Waals surface area contributed by atoms with Gasteiger partial charge in [0.15, 0.2) is 5.69 Å². The van der Waals surface area contributed by atoms with Crippen LogP contribution in [0.2, 0.25) is 0 Å². The number of hydrogen-bond donors (Lipinski definition) is 2. The number of nitrogens with one attached hydrogen (secondary N) is 1. The van der Waals surface area contributed by atoms with Crippen LogP contribution in [0.3, 0.4) is 0 Å². The highest BCUT2D eigenvalue weighted by molar-refractivity contribution is 5.88. The molecule has 2 N–H and O–H groups in total. The first-order valence-electron chi connectivity index (χ1n) is 6.42. The predicted octanol–water partition coefficient (Wildman–Crippen LogP) is 2.85. The van der Waals surface area contributed by atoms with Crippen molar-refractivity contribution in [2.75, 3.05) is 5.32 Å². The van der Waals surface area contributed by atoms with Crippen molar-refractivity contribution in [1.29, 1.82) is 0 Å². The van der Waals surface area contributed by atoms with Gasteiger partial charge in [-0.2, -0.15) is 0 Å². The van der Waals surface area contributed by atoms with Gasteiger partial charge in [0.05, 0.1) is 32.5 Å². The summed E-state index contributed by atoms with van der Waals surface area (Å²) in [7, 11) is 0. The molecule has 0 spiro atoms. The number of carboxylic acids is 1. The van der Waals surface area contributed by atoms with Crippen molar-refractivity contribution < 1.29 is 24.7 Å². The molecule has 0 fully saturated rings. The fourth-order valence-corrected chi connectivity index (χ4v) is 1.96. The quantitative estimate of drug-likeness (QED) is 0.586. The van der Waals surface area contributed by atoms with Crippen molar-refractivity contribution in [3.8, 4) is 0 Å². The molecule has 0 aromatic heterocycles. The Balaban J connectivity index is 2.58. The van der Waals surface area contributed by atoms with E-state index in [-0.39, 0.29) is 11.3 Å². The molecule has 12 nitrogen and oxygen atoms in total. The summed E-state index contributed by atoms with van der Waals surface area (Å²) < 4.78 is 0. The number of anilines is 2. The number of nitro groups is 3. The van der Waals surface area contributed by atoms with Gasteiger partial charge in [-0.3, -0.25) is 30.3 Å². The van der Waals surface area contributed by atoms with Crippen molar-refractivity contribution in [3.05, 3.63) is 72.3 Å². The van der Waals surface area contributed by atoms with Gasteiger partial charge in [-0.1, -0.05) is 0 Å². The third kappa shape index (κ3) is 3.64. The average molecular weight is 348 g/mol. The molecular weight excluding hydrogens is 340 g/mol. The Morgan fingerprint density at radius 1 is 0.880 bits per heavy atom. The SMILES string of the molecule is O=C(O)c1ccc(Nc2c([N+](=O)[O-])cc([N+](=O)[O-])cc2[N+](=O)[O-])cc1. The van der Waals surface area contributed by atoms with Gasteiger partial charge in [0, 0.05) is 5.69 Å². The van der Waals surface area contributed by atoms with Crippen LogP contribution in [0, 0.1) is 30.3 Å². The topological polar surface area (TPSA) is 179 Å². The van der Waals surface area contributed by atoms with E-state index in [9.17, 15) is 35.1 Å². The summed E-state index contributed by atoms with van der Waals surface area (Å²) in [6.45, 7) is 0. The molecule has 0 amide bonds. The van der Waals surface area contributed by atoms with Gasteiger partial charge < -0.3 is 10.4 Å². The van der Waals surface area contributed by atoms with Crippen LogP contribution in [0.15, 0.2) is 36.4 Å². The Kier molecular flexibility index (Phi) is 4.54. The number of nitro benzene ring substituents is 3. The normalized spacial score (nSPS) is 10.1. The Labute approximate surface area is 137 Å². The van der Waals surface area contributed by atoms with Crippen molar-refractivity contribution >= 4 is 34.4 Å². The highest BCUT2D eigenvalue weighted by atomic mass is 16.6. The fourth-order valence-electron chi connectivity index (χ4n) is 1.96. The number of carboxylic acid groups (broad SMARTS) is 1. The first-order valence-corrected chi connectivity index (χ1v) is 6.42. The molecule has 0 atom stereocenters. The Bertz CT molecular complexity index is 858. The van der Waals surface area contributed by atoms with E-state index in [1.807, 2.05) is 0 Å². The van der Waals surface area contributed by atoms with Gasteiger partial charge in [0.2, 0.25) is 0 Å². The summed E-state index contributed by atoms with van der Waals surface area (Å²) in [5.74, 6) is -1.20. The highest BCUT2D eigenvalue weighted by Gasteiger charge is 2.30. The summed E-state index contributed by atoms with van der Waals surface area (Å²) in [6.07, 6.45) is 0. The number of non-ortho nitro benzene ring substituents is 1. The van der Waals surface area contributed by atoms with E-state index in [0.29, 0.717) is 12.1 Å². The van der Waals surface area contributed by atoms with E-state index in [2.05, 4.69) is 5.32 Å². The fraction of sp³-hybridized carbons (Fsp3) is 0. The number of rotatable bonds is 6. The number of aromatic carboxylic acids is 1. The summed E-state index contributed by atoms with van der Waals surface area (Å²) in [5, 5.41) is 44.4. The predicted molar refractivity (Wildman–Crippen MR) is 83.1 cm³/mol. The Hall–Kier alpha value is -4.09. The number of benzene rings is 2. The molecule has 0 bridgehead atoms. The maximum atomic E-state index is 11.1. The second-order valence-electron chi connectivity index (χ2n) is 4.64. The number of hydrogen-bond acceptors (Lipinski definition) is 8. The molecule has 0 saturated heterocycles. The molecule has 2 aromatic rings. The second kappa shape index (κ2) is 6.57. The minimum atomic E-state index is -1.20. The molecule has 0 heterocycles. The van der Waals surface area contributed by atoms with Crippen LogP contribution in [0.5, 0.6) is 0 Å². The largest absolute Gasteiger partial charge is 0.478 e. The lowest BCUT2D eigenvalue weighted by molar-refractivity contribution is -0.401. The van der Waals surface area contributed by atoms with Crippen LogP contribution in [0.4, 0.5) is 28.4 Å². The first-order chi connectivity index (χ1) is 11.7. The van der Waals surface area contributed by atoms with Crippen molar-refractivity contribution in [2.24, 2.45) is 0 Å². The first kappa shape index (κ1) is 17.3. The second-order valence-corrected chi connectivity index (χ2v) is 4.64. The molecule has 0 saturated carbocycles. The van der Waals surface area contributed by atoms with Gasteiger partial charge in [-0.25, -0.2) is 4.79 Å². The van der Waals surface area contributed by atoms with E-state index in [1.54, 1.807) is 0 Å². The maximum Gasteiger partial charge on any atom is 0.335 e. The van der Waals surface area contributed by atoms with Crippen LogP contribution in [-0.2, 0) is 0 Å². The van der Waals surface area contributed by atoms with E-state index >= 15 is 0 Å². The lowest BCUT2D eigenvalue weighted by Crippen LogP contribution is -2.04. The minimum absolute atomic E-state index is 0.0572. The standard InChI is InChI=1S/C13H8N4O8/c18-13(19)7-1-3-8(4-2-7)14-12-10(16(22)23)5-9(15(20)21)6-11(12)17(24)25/h1-6,14H,(H,18,19). The van der Waals surface area contributed by atoms with Crippen LogP contribution in [0.1, 0.15) is 10.4 Å². The van der Waals surface area contributed by atoms with Crippen LogP contribution in [0.25, 0.3) is 0 Å². The zero-order chi connectivity index (χ0) is 18.7. The summed E-state index contributed by atoms with van der Waals surface area (Å²) in [4.78, 5) is 40.9. The average Bonchev–Trinajstić information content (AvgIpc) is 2.54. The molecule has 0 aliphatic rings. The molecular formula is C13H8N4O8. The molecule has 0 unspecified atom stereocenters. The van der Waals surface area contributed by atoms with Crippen molar-refractivity contribution in [3.63, 3.8) is 0 Å². The maximum absolute atomic E-state index is 11.1. The third-order valence-corrected chi connectivity index (χ3v) is 3.09. The van der Waals surface area contributed by atoms with Gasteiger partial charge in [-0.05, 0) is 24.3 Å². The smallest absolute Gasteiger partial charge is 0.335 e. The van der Waals surface area contributed by atoms with E-state index < -0.39 is 43.5 Å². The molecule has 12 heteroatoms. The molecule has 0 radical (unpaired) electrons. The van der Waals surface area contributed by atoms with Crippen molar-refractivity contribution in [1.82, 2.24) is 0 Å². The molecule has 25 heavy (non-hydrogen) atoms. The van der Waals surface area contributed by atoms with Gasteiger partial charge in [-0.15, -0.1) is 0 Å². The van der Waals surface area contributed by atoms with Crippen molar-refractivity contribution in [2.45, 2.75) is 0 Å². The van der Waals surface area contributed by atoms with Crippen LogP contribution >= 0.6 is 0 Å². The van der Waals surface area contributed by atoms with E-state index in [4.69, 9.17) is 5.11 Å². The Morgan fingerprint density at radius 2 is 1.36 bits per heavy atom. The van der Waals surface area contributed by atoms with E-state index in [1.165, 1.54) is 24.3 Å². The van der Waals surface area contributed by atoms with E-state index in [0.717, 1.165) is 0 Å². The molecule has 0 aliphatic carbocycles. The molecule has 2 aromatic carbocycles. The monoisotopic (exact) mass is 348 g/mol. The number of nitrogens with zero attached hydrogens (tertiary/aromatic N) is 3. The van der Waals surface area contributed by atoms with Gasteiger partial charge in [0.1, 0.15) is 0 Å². The molecule has 128 valence electrons. The zero-order valence-corrected chi connectivity index (χ0v) is 12.1. The highest BCUT2D eigenvalue weighted by Crippen LogP contribution is 2.39. The summed E-state index contributed by atoms with van der Waals surface area (Å²) in [6, 6.07) is 6.07. The summed E-state index contributed by atoms with van der Waals surface area (Å²) >= 11 is 0. The van der Waals surface area contributed by atoms with Gasteiger partial charge in [0.25, 0.3) is 5.69 Å². The zero-order valence-electron chi connectivity index (χ0n) is 12.1. The van der Waals surface area contributed by atoms with Crippen LogP contribution < -0.4 is 5.32 Å². The number of carbonyl (C=O) groups is 1. The molecule has 0 aliphatic heterocycles. The minimum Gasteiger partial charge on any atom is -0.478 e. The Morgan fingerprint density at radius 3 is 1.72 bits per heavy atom. The molecule has 2 rings (SSSR count). The van der Waals surface area contributed by atoms with Crippen LogP contribution in [-0.4, -0.2) is 25.8 Å². The lowest BCUT2D eigenvalue weighted by atomic mass is 10.1.